The van der Waals surface area contributed by atoms with E-state index in [0.717, 1.165) is 11.4 Å². The van der Waals surface area contributed by atoms with Crippen molar-refractivity contribution in [3.8, 4) is 6.07 Å². The van der Waals surface area contributed by atoms with Gasteiger partial charge in [-0.3, -0.25) is 0 Å². The number of nitrogens with zero attached hydrogens (tertiary/aromatic N) is 3. The zero-order valence-electron chi connectivity index (χ0n) is 9.19. The molecular formula is C14H11N3. The topological polar surface area (TPSA) is 39.4 Å². The van der Waals surface area contributed by atoms with Crippen LogP contribution in [0.5, 0.6) is 0 Å². The number of hydrogen-bond acceptors (Lipinski definition) is 3. The summed E-state index contributed by atoms with van der Waals surface area (Å²) in [7, 11) is 0. The van der Waals surface area contributed by atoms with Crippen LogP contribution in [0.15, 0.2) is 65.8 Å². The molecule has 0 spiro atoms. The maximum absolute atomic E-state index is 8.58. The SMILES string of the molecule is N#C/C=N/N(c1ccccc1)c1ccccc1. The van der Waals surface area contributed by atoms with Crippen LogP contribution in [0.25, 0.3) is 0 Å². The molecule has 0 fully saturated rings. The first-order chi connectivity index (χ1) is 8.42. The van der Waals surface area contributed by atoms with Crippen LogP contribution < -0.4 is 5.01 Å². The van der Waals surface area contributed by atoms with Crippen LogP contribution in [0.4, 0.5) is 11.4 Å². The van der Waals surface area contributed by atoms with E-state index in [4.69, 9.17) is 5.26 Å². The van der Waals surface area contributed by atoms with E-state index in [9.17, 15) is 0 Å². The predicted octanol–water partition coefficient (Wildman–Crippen LogP) is 3.33. The van der Waals surface area contributed by atoms with Gasteiger partial charge in [-0.25, -0.2) is 5.01 Å². The Hall–Kier alpha value is -2.60. The van der Waals surface area contributed by atoms with Gasteiger partial charge in [-0.2, -0.15) is 10.4 Å². The van der Waals surface area contributed by atoms with E-state index in [1.54, 1.807) is 5.01 Å². The molecule has 3 nitrogen and oxygen atoms in total. The third-order valence-electron chi connectivity index (χ3n) is 2.23. The fourth-order valence-electron chi connectivity index (χ4n) is 1.50. The van der Waals surface area contributed by atoms with E-state index in [1.807, 2.05) is 66.7 Å². The molecule has 0 bridgehead atoms. The van der Waals surface area contributed by atoms with Crippen molar-refractivity contribution in [1.82, 2.24) is 0 Å². The summed E-state index contributed by atoms with van der Waals surface area (Å²) >= 11 is 0. The van der Waals surface area contributed by atoms with Crippen LogP contribution in [0, 0.1) is 11.3 Å². The van der Waals surface area contributed by atoms with E-state index in [2.05, 4.69) is 5.10 Å². The Balaban J connectivity index is 2.40. The van der Waals surface area contributed by atoms with Crippen LogP contribution in [0.3, 0.4) is 0 Å². The second-order valence-corrected chi connectivity index (χ2v) is 3.36. The molecule has 82 valence electrons. The van der Waals surface area contributed by atoms with Crippen LogP contribution >= 0.6 is 0 Å². The molecule has 0 N–H and O–H groups in total. The molecule has 0 unspecified atom stereocenters. The van der Waals surface area contributed by atoms with Gasteiger partial charge in [0.25, 0.3) is 0 Å². The summed E-state index contributed by atoms with van der Waals surface area (Å²) in [5, 5.41) is 14.4. The molecule has 2 rings (SSSR count). The Morgan fingerprint density at radius 1 is 0.882 bits per heavy atom. The highest BCUT2D eigenvalue weighted by Crippen LogP contribution is 2.24. The summed E-state index contributed by atoms with van der Waals surface area (Å²) in [5.41, 5.74) is 1.84. The zero-order valence-corrected chi connectivity index (χ0v) is 9.19. The van der Waals surface area contributed by atoms with Gasteiger partial charge in [-0.1, -0.05) is 36.4 Å². The Bertz CT molecular complexity index is 487. The van der Waals surface area contributed by atoms with Crippen molar-refractivity contribution in [2.45, 2.75) is 0 Å². The third-order valence-corrected chi connectivity index (χ3v) is 2.23. The Morgan fingerprint density at radius 2 is 1.35 bits per heavy atom. The van der Waals surface area contributed by atoms with E-state index in [1.165, 1.54) is 6.21 Å². The molecule has 2 aromatic rings. The highest BCUT2D eigenvalue weighted by atomic mass is 15.5. The first-order valence-corrected chi connectivity index (χ1v) is 5.24. The number of rotatable bonds is 3. The van der Waals surface area contributed by atoms with Crippen molar-refractivity contribution in [2.24, 2.45) is 5.10 Å². The number of hydrazone groups is 1. The van der Waals surface area contributed by atoms with Crippen molar-refractivity contribution in [3.05, 3.63) is 60.7 Å². The van der Waals surface area contributed by atoms with E-state index < -0.39 is 0 Å². The molecule has 0 amide bonds. The van der Waals surface area contributed by atoms with Crippen molar-refractivity contribution in [1.29, 1.82) is 5.26 Å². The van der Waals surface area contributed by atoms with E-state index in [-0.39, 0.29) is 0 Å². The van der Waals surface area contributed by atoms with Gasteiger partial charge in [0.05, 0.1) is 11.4 Å². The molecule has 2 aromatic carbocycles. The van der Waals surface area contributed by atoms with Gasteiger partial charge < -0.3 is 0 Å². The third kappa shape index (κ3) is 2.70. The summed E-state index contributed by atoms with van der Waals surface area (Å²) in [6.45, 7) is 0. The van der Waals surface area contributed by atoms with Crippen LogP contribution in [-0.4, -0.2) is 6.21 Å². The summed E-state index contributed by atoms with van der Waals surface area (Å²) in [4.78, 5) is 0. The van der Waals surface area contributed by atoms with Gasteiger partial charge in [0.2, 0.25) is 0 Å². The van der Waals surface area contributed by atoms with Gasteiger partial charge in [-0.15, -0.1) is 0 Å². The lowest BCUT2D eigenvalue weighted by molar-refractivity contribution is 1.09. The van der Waals surface area contributed by atoms with Crippen LogP contribution in [0.2, 0.25) is 0 Å². The number of anilines is 2. The smallest absolute Gasteiger partial charge is 0.125 e. The molecule has 0 aliphatic rings. The molecule has 0 saturated heterocycles. The highest BCUT2D eigenvalue weighted by molar-refractivity contribution is 5.78. The lowest BCUT2D eigenvalue weighted by Crippen LogP contribution is -2.08. The molecule has 0 aromatic heterocycles. The van der Waals surface area contributed by atoms with Gasteiger partial charge in [0.15, 0.2) is 0 Å². The molecule has 17 heavy (non-hydrogen) atoms. The Morgan fingerprint density at radius 3 is 1.76 bits per heavy atom. The number of benzene rings is 2. The van der Waals surface area contributed by atoms with Gasteiger partial charge in [0.1, 0.15) is 12.3 Å². The molecule has 0 atom stereocenters. The fraction of sp³-hybridized carbons (Fsp3) is 0. The molecule has 3 heteroatoms. The minimum atomic E-state index is 0.921. The Labute approximate surface area is 100 Å². The maximum Gasteiger partial charge on any atom is 0.125 e. The number of para-hydroxylation sites is 2. The highest BCUT2D eigenvalue weighted by Gasteiger charge is 2.05. The minimum Gasteiger partial charge on any atom is -0.233 e. The molecule has 0 saturated carbocycles. The standard InChI is InChI=1S/C14H11N3/c15-11-12-16-17(13-7-3-1-4-8-13)14-9-5-2-6-10-14/h1-10,12H/b16-12+. The normalized spacial score (nSPS) is 10.1. The summed E-state index contributed by atoms with van der Waals surface area (Å²) in [5.74, 6) is 0. The number of nitriles is 1. The molecule has 0 heterocycles. The molecule has 0 aliphatic carbocycles. The summed E-state index contributed by atoms with van der Waals surface area (Å²) < 4.78 is 0. The quantitative estimate of drug-likeness (QED) is 0.589. The van der Waals surface area contributed by atoms with Gasteiger partial charge >= 0.3 is 0 Å². The van der Waals surface area contributed by atoms with Gasteiger partial charge in [-0.05, 0) is 24.3 Å². The van der Waals surface area contributed by atoms with Crippen LogP contribution in [0.1, 0.15) is 0 Å². The number of hydrogen-bond donors (Lipinski definition) is 0. The first kappa shape index (κ1) is 10.9. The van der Waals surface area contributed by atoms with Crippen LogP contribution in [-0.2, 0) is 0 Å². The average Bonchev–Trinajstić information content (AvgIpc) is 2.42. The second-order valence-electron chi connectivity index (χ2n) is 3.36. The maximum atomic E-state index is 8.58. The lowest BCUT2D eigenvalue weighted by Gasteiger charge is -2.18. The molecular weight excluding hydrogens is 210 g/mol. The summed E-state index contributed by atoms with van der Waals surface area (Å²) in [6.07, 6.45) is 1.22. The summed E-state index contributed by atoms with van der Waals surface area (Å²) in [6, 6.07) is 21.3. The lowest BCUT2D eigenvalue weighted by atomic mass is 10.2. The second kappa shape index (κ2) is 5.47. The first-order valence-electron chi connectivity index (χ1n) is 5.24. The monoisotopic (exact) mass is 221 g/mol. The van der Waals surface area contributed by atoms with E-state index in [0.29, 0.717) is 0 Å². The van der Waals surface area contributed by atoms with Gasteiger partial charge in [0, 0.05) is 0 Å². The molecule has 0 aliphatic heterocycles. The predicted molar refractivity (Wildman–Crippen MR) is 69.1 cm³/mol. The van der Waals surface area contributed by atoms with Crippen molar-refractivity contribution >= 4 is 17.6 Å². The van der Waals surface area contributed by atoms with Crippen molar-refractivity contribution in [2.75, 3.05) is 5.01 Å². The fourth-order valence-corrected chi connectivity index (χ4v) is 1.50. The van der Waals surface area contributed by atoms with Crippen molar-refractivity contribution in [3.63, 3.8) is 0 Å². The Kier molecular flexibility index (Phi) is 3.51. The average molecular weight is 221 g/mol. The largest absolute Gasteiger partial charge is 0.233 e. The van der Waals surface area contributed by atoms with Crippen molar-refractivity contribution < 1.29 is 0 Å². The minimum absolute atomic E-state index is 0.921. The zero-order chi connectivity index (χ0) is 11.9. The molecule has 0 radical (unpaired) electrons. The van der Waals surface area contributed by atoms with E-state index >= 15 is 0 Å².